The van der Waals surface area contributed by atoms with Gasteiger partial charge in [0.2, 0.25) is 5.91 Å². The van der Waals surface area contributed by atoms with Crippen molar-refractivity contribution in [2.75, 3.05) is 16.0 Å². The molecule has 1 fully saturated rings. The second kappa shape index (κ2) is 8.94. The number of halogens is 1. The van der Waals surface area contributed by atoms with E-state index < -0.39 is 0 Å². The normalized spacial score (nSPS) is 15.9. The number of carbonyl (C=O) groups is 2. The van der Waals surface area contributed by atoms with Crippen LogP contribution in [-0.4, -0.2) is 17.6 Å². The van der Waals surface area contributed by atoms with Crippen molar-refractivity contribution in [2.24, 2.45) is 0 Å². The van der Waals surface area contributed by atoms with Crippen molar-refractivity contribution in [3.05, 3.63) is 94.8 Å². The van der Waals surface area contributed by atoms with Gasteiger partial charge < -0.3 is 5.32 Å². The summed E-state index contributed by atoms with van der Waals surface area (Å²) in [5.74, 6) is -0.201. The Hall–Kier alpha value is -3.12. The van der Waals surface area contributed by atoms with Gasteiger partial charge in [-0.25, -0.2) is 4.39 Å². The molecule has 1 heterocycles. The zero-order chi connectivity index (χ0) is 22.0. The first-order valence-corrected chi connectivity index (χ1v) is 11.2. The molecule has 1 saturated heterocycles. The molecule has 3 aromatic rings. The Kier molecular flexibility index (Phi) is 6.09. The van der Waals surface area contributed by atoms with Gasteiger partial charge in [-0.05, 0) is 60.9 Å². The summed E-state index contributed by atoms with van der Waals surface area (Å²) in [6.45, 7) is 3.76. The molecule has 6 heteroatoms. The van der Waals surface area contributed by atoms with Crippen LogP contribution in [0.25, 0.3) is 0 Å². The highest BCUT2D eigenvalue weighted by atomic mass is 32.2. The Morgan fingerprint density at radius 3 is 2.48 bits per heavy atom. The van der Waals surface area contributed by atoms with Gasteiger partial charge in [-0.3, -0.25) is 14.5 Å². The van der Waals surface area contributed by atoms with Crippen molar-refractivity contribution >= 4 is 35.0 Å². The van der Waals surface area contributed by atoms with Crippen LogP contribution in [0.1, 0.15) is 39.3 Å². The second-order valence-electron chi connectivity index (χ2n) is 7.44. The summed E-state index contributed by atoms with van der Waals surface area (Å²) in [6, 6.07) is 19.8. The van der Waals surface area contributed by atoms with E-state index in [1.165, 1.54) is 23.4 Å². The summed E-state index contributed by atoms with van der Waals surface area (Å²) >= 11 is 1.51. The van der Waals surface area contributed by atoms with Crippen LogP contribution in [-0.2, 0) is 11.2 Å². The number of nitrogens with one attached hydrogen (secondary N) is 1. The lowest BCUT2D eigenvalue weighted by Crippen LogP contribution is -2.28. The minimum Gasteiger partial charge on any atom is -0.322 e. The zero-order valence-electron chi connectivity index (χ0n) is 17.4. The van der Waals surface area contributed by atoms with Crippen molar-refractivity contribution in [3.8, 4) is 0 Å². The number of aryl methyl sites for hydroxylation is 1. The molecule has 2 amide bonds. The fraction of sp³-hybridized carbons (Fsp3) is 0.200. The van der Waals surface area contributed by atoms with E-state index in [1.807, 2.05) is 48.5 Å². The van der Waals surface area contributed by atoms with Gasteiger partial charge in [0.05, 0.1) is 11.4 Å². The van der Waals surface area contributed by atoms with E-state index in [-0.39, 0.29) is 23.0 Å². The molecule has 1 aliphatic heterocycles. The molecule has 0 aromatic heterocycles. The Balaban J connectivity index is 1.52. The van der Waals surface area contributed by atoms with Crippen LogP contribution in [0.3, 0.4) is 0 Å². The first-order valence-electron chi connectivity index (χ1n) is 10.2. The molecule has 158 valence electrons. The fourth-order valence-electron chi connectivity index (χ4n) is 3.61. The van der Waals surface area contributed by atoms with Crippen LogP contribution in [0.4, 0.5) is 15.8 Å². The number of thioether (sulfide) groups is 1. The van der Waals surface area contributed by atoms with E-state index in [2.05, 4.69) is 12.2 Å². The van der Waals surface area contributed by atoms with Gasteiger partial charge in [-0.1, -0.05) is 37.3 Å². The first kappa shape index (κ1) is 21.1. The number of hydrogen-bond donors (Lipinski definition) is 1. The van der Waals surface area contributed by atoms with Gasteiger partial charge in [0, 0.05) is 16.8 Å². The van der Waals surface area contributed by atoms with E-state index in [0.29, 0.717) is 28.3 Å². The maximum absolute atomic E-state index is 14.1. The minimum absolute atomic E-state index is 0.0448. The summed E-state index contributed by atoms with van der Waals surface area (Å²) in [4.78, 5) is 26.7. The SMILES string of the molecule is CCc1ccc(C(=O)Nc2ccc([C@H]3SCC(=O)N3c3cccc(F)c3C)cc2)cc1. The molecule has 3 aromatic carbocycles. The fourth-order valence-corrected chi connectivity index (χ4v) is 4.78. The Morgan fingerprint density at radius 1 is 1.10 bits per heavy atom. The zero-order valence-corrected chi connectivity index (χ0v) is 18.2. The van der Waals surface area contributed by atoms with Crippen molar-refractivity contribution in [1.82, 2.24) is 0 Å². The third kappa shape index (κ3) is 4.35. The van der Waals surface area contributed by atoms with Crippen LogP contribution < -0.4 is 10.2 Å². The van der Waals surface area contributed by atoms with E-state index >= 15 is 0 Å². The van der Waals surface area contributed by atoms with E-state index in [1.54, 1.807) is 24.0 Å². The van der Waals surface area contributed by atoms with Crippen LogP contribution in [0.2, 0.25) is 0 Å². The quantitative estimate of drug-likeness (QED) is 0.558. The van der Waals surface area contributed by atoms with Crippen LogP contribution >= 0.6 is 11.8 Å². The maximum Gasteiger partial charge on any atom is 0.255 e. The Labute approximate surface area is 185 Å². The molecule has 0 unspecified atom stereocenters. The lowest BCUT2D eigenvalue weighted by Gasteiger charge is -2.26. The standard InChI is InChI=1S/C25H23FN2O2S/c1-3-17-7-9-18(10-8-17)24(30)27-20-13-11-19(12-14-20)25-28(23(29)15-31-25)22-6-4-5-21(26)16(22)2/h4-14,25H,3,15H2,1-2H3,(H,27,30)/t25-/m1/s1. The largest absolute Gasteiger partial charge is 0.322 e. The third-order valence-corrected chi connectivity index (χ3v) is 6.66. The van der Waals surface area contributed by atoms with Crippen LogP contribution in [0, 0.1) is 12.7 Å². The molecule has 1 N–H and O–H groups in total. The molecule has 1 aliphatic rings. The van der Waals surface area contributed by atoms with E-state index in [0.717, 1.165) is 12.0 Å². The summed E-state index contributed by atoms with van der Waals surface area (Å²) in [5.41, 5.74) is 4.43. The molecule has 4 nitrogen and oxygen atoms in total. The minimum atomic E-state index is -0.328. The smallest absolute Gasteiger partial charge is 0.255 e. The van der Waals surface area contributed by atoms with Crippen LogP contribution in [0.5, 0.6) is 0 Å². The highest BCUT2D eigenvalue weighted by Crippen LogP contribution is 2.43. The number of nitrogens with zero attached hydrogens (tertiary/aromatic N) is 1. The average molecular weight is 435 g/mol. The molecular formula is C25H23FN2O2S. The maximum atomic E-state index is 14.1. The number of anilines is 2. The number of hydrogen-bond acceptors (Lipinski definition) is 3. The van der Waals surface area contributed by atoms with Crippen molar-refractivity contribution in [1.29, 1.82) is 0 Å². The lowest BCUT2D eigenvalue weighted by atomic mass is 10.1. The first-order chi connectivity index (χ1) is 15.0. The highest BCUT2D eigenvalue weighted by Gasteiger charge is 2.35. The summed E-state index contributed by atoms with van der Waals surface area (Å²) in [7, 11) is 0. The average Bonchev–Trinajstić information content (AvgIpc) is 3.17. The van der Waals surface area contributed by atoms with Crippen molar-refractivity contribution in [2.45, 2.75) is 25.6 Å². The molecule has 4 rings (SSSR count). The number of benzene rings is 3. The Bertz CT molecular complexity index is 1110. The Morgan fingerprint density at radius 2 is 1.81 bits per heavy atom. The van der Waals surface area contributed by atoms with Gasteiger partial charge in [-0.2, -0.15) is 0 Å². The summed E-state index contributed by atoms with van der Waals surface area (Å²) in [5, 5.41) is 2.67. The summed E-state index contributed by atoms with van der Waals surface area (Å²) < 4.78 is 14.1. The van der Waals surface area contributed by atoms with Gasteiger partial charge in [0.25, 0.3) is 5.91 Å². The summed E-state index contributed by atoms with van der Waals surface area (Å²) in [6.07, 6.45) is 0.928. The van der Waals surface area contributed by atoms with Gasteiger partial charge >= 0.3 is 0 Å². The van der Waals surface area contributed by atoms with E-state index in [9.17, 15) is 14.0 Å². The molecule has 31 heavy (non-hydrogen) atoms. The van der Waals surface area contributed by atoms with Crippen molar-refractivity contribution < 1.29 is 14.0 Å². The molecule has 0 spiro atoms. The predicted octanol–water partition coefficient (Wildman–Crippen LogP) is 5.73. The molecule has 1 atom stereocenters. The van der Waals surface area contributed by atoms with Gasteiger partial charge in [-0.15, -0.1) is 11.8 Å². The highest BCUT2D eigenvalue weighted by molar-refractivity contribution is 8.00. The molecule has 0 radical (unpaired) electrons. The monoisotopic (exact) mass is 434 g/mol. The van der Waals surface area contributed by atoms with Crippen LogP contribution in [0.15, 0.2) is 66.7 Å². The second-order valence-corrected chi connectivity index (χ2v) is 8.51. The topological polar surface area (TPSA) is 49.4 Å². The third-order valence-electron chi connectivity index (χ3n) is 5.44. The molecule has 0 bridgehead atoms. The van der Waals surface area contributed by atoms with Gasteiger partial charge in [0.1, 0.15) is 11.2 Å². The number of carbonyl (C=O) groups excluding carboxylic acids is 2. The molecule has 0 aliphatic carbocycles. The number of amides is 2. The molecular weight excluding hydrogens is 411 g/mol. The predicted molar refractivity (Wildman–Crippen MR) is 124 cm³/mol. The molecule has 0 saturated carbocycles. The number of rotatable bonds is 5. The van der Waals surface area contributed by atoms with Gasteiger partial charge in [0.15, 0.2) is 0 Å². The van der Waals surface area contributed by atoms with Crippen molar-refractivity contribution in [3.63, 3.8) is 0 Å². The lowest BCUT2D eigenvalue weighted by molar-refractivity contribution is -0.115. The van der Waals surface area contributed by atoms with E-state index in [4.69, 9.17) is 0 Å².